The first-order valence-electron chi connectivity index (χ1n) is 11.7. The van der Waals surface area contributed by atoms with Crippen molar-refractivity contribution in [3.63, 3.8) is 0 Å². The van der Waals surface area contributed by atoms with Crippen molar-refractivity contribution in [2.45, 2.75) is 38.8 Å². The molecule has 5 rings (SSSR count). The van der Waals surface area contributed by atoms with E-state index in [0.29, 0.717) is 29.6 Å². The van der Waals surface area contributed by atoms with Gasteiger partial charge in [0.2, 0.25) is 5.95 Å². The smallest absolute Gasteiger partial charge is 0.262 e. The highest BCUT2D eigenvalue weighted by Gasteiger charge is 2.21. The number of carbonyl (C=O) groups is 1. The van der Waals surface area contributed by atoms with E-state index >= 15 is 0 Å². The second-order valence-corrected chi connectivity index (χ2v) is 8.59. The summed E-state index contributed by atoms with van der Waals surface area (Å²) in [5.74, 6) is -0.0698. The summed E-state index contributed by atoms with van der Waals surface area (Å²) in [5.41, 5.74) is 4.17. The first-order chi connectivity index (χ1) is 16.6. The number of ether oxygens (including phenoxy) is 1. The Kier molecular flexibility index (Phi) is 6.23. The summed E-state index contributed by atoms with van der Waals surface area (Å²) < 4.78 is 7.30. The minimum Gasteiger partial charge on any atom is -0.376 e. The Balaban J connectivity index is 1.57. The van der Waals surface area contributed by atoms with Crippen molar-refractivity contribution < 1.29 is 9.53 Å². The number of carbonyl (C=O) groups excluding carboxylic acids is 1. The Labute approximate surface area is 198 Å². The van der Waals surface area contributed by atoms with E-state index in [2.05, 4.69) is 36.5 Å². The fourth-order valence-corrected chi connectivity index (χ4v) is 4.35. The van der Waals surface area contributed by atoms with Gasteiger partial charge in [-0.15, -0.1) is 0 Å². The molecule has 0 radical (unpaired) electrons. The van der Waals surface area contributed by atoms with E-state index in [-0.39, 0.29) is 23.5 Å². The van der Waals surface area contributed by atoms with Gasteiger partial charge in [0.05, 0.1) is 23.6 Å². The van der Waals surface area contributed by atoms with Crippen LogP contribution in [0.15, 0.2) is 77.6 Å². The molecule has 1 aliphatic rings. The number of fused-ring (bicyclic) bond motifs is 1. The van der Waals surface area contributed by atoms with Gasteiger partial charge in [0.25, 0.3) is 11.5 Å². The molecule has 0 saturated carbocycles. The number of nitrogens with one attached hydrogen (secondary N) is 1. The number of aryl methyl sites for hydroxylation is 1. The number of hydrogen-bond donors (Lipinski definition) is 1. The highest BCUT2D eigenvalue weighted by Crippen LogP contribution is 2.24. The topological polar surface area (TPSA) is 73.2 Å². The molecule has 1 amide bonds. The van der Waals surface area contributed by atoms with Crippen LogP contribution in [0.5, 0.6) is 0 Å². The van der Waals surface area contributed by atoms with Crippen LogP contribution < -0.4 is 10.9 Å². The van der Waals surface area contributed by atoms with Gasteiger partial charge >= 0.3 is 0 Å². The van der Waals surface area contributed by atoms with E-state index in [1.807, 2.05) is 24.3 Å². The average Bonchev–Trinajstić information content (AvgIpc) is 3.40. The molecule has 4 aromatic rings. The third kappa shape index (κ3) is 4.50. The molecule has 2 heterocycles. The summed E-state index contributed by atoms with van der Waals surface area (Å²) in [6, 6.07) is 23.0. The van der Waals surface area contributed by atoms with Crippen LogP contribution in [0.3, 0.4) is 0 Å². The van der Waals surface area contributed by atoms with Crippen molar-refractivity contribution in [1.82, 2.24) is 9.55 Å². The highest BCUT2D eigenvalue weighted by molar-refractivity contribution is 6.03. The largest absolute Gasteiger partial charge is 0.376 e. The van der Waals surface area contributed by atoms with E-state index in [0.717, 1.165) is 30.4 Å². The molecule has 3 aromatic carbocycles. The molecule has 1 atom stereocenters. The maximum atomic E-state index is 13.5. The third-order valence-corrected chi connectivity index (χ3v) is 6.32. The number of nitrogens with zero attached hydrogens (tertiary/aromatic N) is 2. The van der Waals surface area contributed by atoms with Gasteiger partial charge in [-0.3, -0.25) is 19.5 Å². The molecule has 172 valence electrons. The van der Waals surface area contributed by atoms with Crippen LogP contribution in [0.2, 0.25) is 0 Å². The fraction of sp³-hybridized carbons (Fsp3) is 0.250. The molecule has 1 fully saturated rings. The first-order valence-corrected chi connectivity index (χ1v) is 11.7. The quantitative estimate of drug-likeness (QED) is 0.443. The SMILES string of the molecule is CCc1ccc(-c2ccc3c(=O)n(CC4CCCO4)c(NC(=O)c4ccccc4)nc3c2)cc1. The van der Waals surface area contributed by atoms with Gasteiger partial charge in [0.1, 0.15) is 0 Å². The Hall–Kier alpha value is -3.77. The van der Waals surface area contributed by atoms with Crippen molar-refractivity contribution in [2.75, 3.05) is 11.9 Å². The van der Waals surface area contributed by atoms with Crippen molar-refractivity contribution in [2.24, 2.45) is 0 Å². The zero-order chi connectivity index (χ0) is 23.5. The summed E-state index contributed by atoms with van der Waals surface area (Å²) in [5, 5.41) is 3.38. The maximum absolute atomic E-state index is 13.5. The van der Waals surface area contributed by atoms with Gasteiger partial charge in [-0.05, 0) is 60.2 Å². The van der Waals surface area contributed by atoms with Crippen molar-refractivity contribution in [3.8, 4) is 11.1 Å². The van der Waals surface area contributed by atoms with Crippen LogP contribution in [-0.4, -0.2) is 28.2 Å². The Morgan fingerprint density at radius 3 is 2.53 bits per heavy atom. The second kappa shape index (κ2) is 9.61. The molecule has 0 aliphatic carbocycles. The predicted octanol–water partition coefficient (Wildman–Crippen LogP) is 5.06. The lowest BCUT2D eigenvalue weighted by Gasteiger charge is -2.17. The molecule has 1 unspecified atom stereocenters. The Morgan fingerprint density at radius 2 is 1.82 bits per heavy atom. The Morgan fingerprint density at radius 1 is 1.06 bits per heavy atom. The number of hydrogen-bond acceptors (Lipinski definition) is 4. The monoisotopic (exact) mass is 453 g/mol. The first kappa shape index (κ1) is 22.0. The van der Waals surface area contributed by atoms with Crippen molar-refractivity contribution in [3.05, 3.63) is 94.3 Å². The molecule has 6 heteroatoms. The van der Waals surface area contributed by atoms with Gasteiger partial charge in [-0.1, -0.05) is 55.5 Å². The molecular formula is C28H27N3O3. The number of anilines is 1. The minimum absolute atomic E-state index is 0.0688. The van der Waals surface area contributed by atoms with Crippen LogP contribution in [0.1, 0.15) is 35.7 Å². The second-order valence-electron chi connectivity index (χ2n) is 8.59. The van der Waals surface area contributed by atoms with E-state index < -0.39 is 0 Å². The van der Waals surface area contributed by atoms with E-state index in [1.54, 1.807) is 24.3 Å². The zero-order valence-corrected chi connectivity index (χ0v) is 19.2. The third-order valence-electron chi connectivity index (χ3n) is 6.32. The molecule has 6 nitrogen and oxygen atoms in total. The summed E-state index contributed by atoms with van der Waals surface area (Å²) in [6.45, 7) is 3.17. The summed E-state index contributed by atoms with van der Waals surface area (Å²) in [4.78, 5) is 31.1. The molecule has 1 aliphatic heterocycles. The van der Waals surface area contributed by atoms with Crippen molar-refractivity contribution in [1.29, 1.82) is 0 Å². The summed E-state index contributed by atoms with van der Waals surface area (Å²) in [6.07, 6.45) is 2.75. The minimum atomic E-state index is -0.306. The lowest BCUT2D eigenvalue weighted by Crippen LogP contribution is -2.31. The summed E-state index contributed by atoms with van der Waals surface area (Å²) in [7, 11) is 0. The van der Waals surface area contributed by atoms with Crippen LogP contribution in [0.4, 0.5) is 5.95 Å². The van der Waals surface area contributed by atoms with Crippen LogP contribution >= 0.6 is 0 Å². The predicted molar refractivity (Wildman–Crippen MR) is 134 cm³/mol. The van der Waals surface area contributed by atoms with Gasteiger partial charge in [0.15, 0.2) is 0 Å². The maximum Gasteiger partial charge on any atom is 0.262 e. The molecule has 0 spiro atoms. The molecular weight excluding hydrogens is 426 g/mol. The lowest BCUT2D eigenvalue weighted by molar-refractivity contribution is 0.0956. The molecule has 0 bridgehead atoms. The van der Waals surface area contributed by atoms with Crippen LogP contribution in [0, 0.1) is 0 Å². The zero-order valence-electron chi connectivity index (χ0n) is 19.2. The van der Waals surface area contributed by atoms with E-state index in [1.165, 1.54) is 10.1 Å². The van der Waals surface area contributed by atoms with E-state index in [4.69, 9.17) is 9.72 Å². The van der Waals surface area contributed by atoms with Crippen LogP contribution in [0.25, 0.3) is 22.0 Å². The standard InChI is InChI=1S/C28H27N3O3/c1-2-19-10-12-20(13-11-19)22-14-15-24-25(17-22)29-28(30-26(32)21-7-4-3-5-8-21)31(27(24)33)18-23-9-6-16-34-23/h3-5,7-8,10-15,17,23H,2,6,9,16,18H2,1H3,(H,29,30,32). The molecule has 1 N–H and O–H groups in total. The molecule has 1 aromatic heterocycles. The summed E-state index contributed by atoms with van der Waals surface area (Å²) >= 11 is 0. The molecule has 34 heavy (non-hydrogen) atoms. The number of aromatic nitrogens is 2. The van der Waals surface area contributed by atoms with Gasteiger partial charge in [-0.2, -0.15) is 0 Å². The lowest BCUT2D eigenvalue weighted by atomic mass is 10.0. The van der Waals surface area contributed by atoms with Crippen LogP contribution in [-0.2, 0) is 17.7 Å². The Bertz CT molecular complexity index is 1370. The fourth-order valence-electron chi connectivity index (χ4n) is 4.35. The molecule has 1 saturated heterocycles. The van der Waals surface area contributed by atoms with E-state index in [9.17, 15) is 9.59 Å². The highest BCUT2D eigenvalue weighted by atomic mass is 16.5. The van der Waals surface area contributed by atoms with Gasteiger partial charge in [-0.25, -0.2) is 4.98 Å². The van der Waals surface area contributed by atoms with Gasteiger partial charge < -0.3 is 4.74 Å². The van der Waals surface area contributed by atoms with Crippen molar-refractivity contribution >= 4 is 22.8 Å². The normalized spacial score (nSPS) is 15.5. The average molecular weight is 454 g/mol. The number of benzene rings is 3. The number of amides is 1. The van der Waals surface area contributed by atoms with Gasteiger partial charge in [0, 0.05) is 12.2 Å². The number of rotatable bonds is 6.